The lowest BCUT2D eigenvalue weighted by Crippen LogP contribution is -2.39. The van der Waals surface area contributed by atoms with Crippen molar-refractivity contribution in [3.05, 3.63) is 11.6 Å². The summed E-state index contributed by atoms with van der Waals surface area (Å²) in [5.41, 5.74) is 0. The number of hydrogen-bond acceptors (Lipinski definition) is 9. The van der Waals surface area contributed by atoms with E-state index >= 15 is 0 Å². The zero-order valence-corrected chi connectivity index (χ0v) is 14.3. The van der Waals surface area contributed by atoms with E-state index in [-0.39, 0.29) is 32.2 Å². The number of aliphatic hydroxyl groups is 1. The Morgan fingerprint density at radius 1 is 1.04 bits per heavy atom. The van der Waals surface area contributed by atoms with Gasteiger partial charge in [-0.3, -0.25) is 4.55 Å². The Bertz CT molecular complexity index is 716. The molecule has 132 valence electrons. The van der Waals surface area contributed by atoms with Crippen LogP contribution >= 0.6 is 0 Å². The fraction of sp³-hybridized carbons (Fsp3) is 0.700. The van der Waals surface area contributed by atoms with Crippen LogP contribution in [0.3, 0.4) is 0 Å². The van der Waals surface area contributed by atoms with Crippen molar-refractivity contribution in [1.29, 1.82) is 0 Å². The molecule has 0 aromatic carbocycles. The SMILES string of the molecule is Cc1nc(C)nc(N(CCO)CCNS(=O)(=O)CS(=O)(=O)O)n1. The highest BCUT2D eigenvalue weighted by Crippen LogP contribution is 2.07. The van der Waals surface area contributed by atoms with Gasteiger partial charge in [0.25, 0.3) is 10.1 Å². The van der Waals surface area contributed by atoms with Gasteiger partial charge in [-0.25, -0.2) is 18.1 Å². The minimum Gasteiger partial charge on any atom is -0.395 e. The third-order valence-electron chi connectivity index (χ3n) is 2.51. The zero-order valence-electron chi connectivity index (χ0n) is 12.7. The molecule has 0 unspecified atom stereocenters. The van der Waals surface area contributed by atoms with Gasteiger partial charge in [0, 0.05) is 19.6 Å². The molecule has 0 bridgehead atoms. The van der Waals surface area contributed by atoms with Crippen molar-refractivity contribution in [2.24, 2.45) is 0 Å². The van der Waals surface area contributed by atoms with Crippen molar-refractivity contribution < 1.29 is 26.5 Å². The average molecular weight is 369 g/mol. The molecule has 23 heavy (non-hydrogen) atoms. The van der Waals surface area contributed by atoms with Crippen LogP contribution in [0.5, 0.6) is 0 Å². The monoisotopic (exact) mass is 369 g/mol. The first-order chi connectivity index (χ1) is 10.5. The minimum atomic E-state index is -4.64. The molecular formula is C10H19N5O6S2. The number of nitrogens with one attached hydrogen (secondary N) is 1. The van der Waals surface area contributed by atoms with Gasteiger partial charge in [-0.05, 0) is 13.8 Å². The van der Waals surface area contributed by atoms with E-state index in [4.69, 9.17) is 9.66 Å². The van der Waals surface area contributed by atoms with Gasteiger partial charge in [0.05, 0.1) is 6.61 Å². The van der Waals surface area contributed by atoms with E-state index in [1.807, 2.05) is 4.72 Å². The molecule has 1 rings (SSSR count). The molecule has 1 aromatic rings. The first-order valence-corrected chi connectivity index (χ1v) is 9.76. The molecule has 0 spiro atoms. The van der Waals surface area contributed by atoms with Crippen LogP contribution in [-0.2, 0) is 20.1 Å². The molecule has 0 aliphatic carbocycles. The largest absolute Gasteiger partial charge is 0.395 e. The van der Waals surface area contributed by atoms with Crippen LogP contribution in [0.25, 0.3) is 0 Å². The van der Waals surface area contributed by atoms with Gasteiger partial charge in [0.2, 0.25) is 16.0 Å². The predicted molar refractivity (Wildman–Crippen MR) is 81.9 cm³/mol. The zero-order chi connectivity index (χ0) is 17.7. The summed E-state index contributed by atoms with van der Waals surface area (Å²) in [6, 6.07) is 0. The highest BCUT2D eigenvalue weighted by atomic mass is 32.3. The molecule has 13 heteroatoms. The van der Waals surface area contributed by atoms with Crippen LogP contribution in [0.4, 0.5) is 5.95 Å². The fourth-order valence-electron chi connectivity index (χ4n) is 1.75. The molecule has 0 saturated heterocycles. The standard InChI is InChI=1S/C10H19N5O6S2/c1-8-12-9(2)14-10(13-8)15(5-6-16)4-3-11-22(17,18)7-23(19,20)21/h11,16H,3-7H2,1-2H3,(H,19,20,21). The fourth-order valence-corrected chi connectivity index (χ4v) is 4.05. The molecule has 1 aromatic heterocycles. The molecule has 0 aliphatic heterocycles. The summed E-state index contributed by atoms with van der Waals surface area (Å²) in [5.74, 6) is 1.22. The Morgan fingerprint density at radius 3 is 2.09 bits per heavy atom. The van der Waals surface area contributed by atoms with E-state index in [1.165, 1.54) is 4.90 Å². The summed E-state index contributed by atoms with van der Waals surface area (Å²) >= 11 is 0. The predicted octanol–water partition coefficient (Wildman–Crippen LogP) is -1.95. The summed E-state index contributed by atoms with van der Waals surface area (Å²) in [6.07, 6.45) is 0. The Balaban J connectivity index is 2.74. The van der Waals surface area contributed by atoms with Crippen molar-refractivity contribution in [1.82, 2.24) is 19.7 Å². The second-order valence-corrected chi connectivity index (χ2v) is 8.27. The highest BCUT2D eigenvalue weighted by molar-refractivity contribution is 8.04. The number of aliphatic hydroxyl groups excluding tert-OH is 1. The lowest BCUT2D eigenvalue weighted by Gasteiger charge is -2.22. The van der Waals surface area contributed by atoms with Gasteiger partial charge in [0.1, 0.15) is 11.6 Å². The molecule has 3 N–H and O–H groups in total. The van der Waals surface area contributed by atoms with E-state index in [0.29, 0.717) is 11.6 Å². The number of hydrogen-bond donors (Lipinski definition) is 3. The van der Waals surface area contributed by atoms with E-state index in [9.17, 15) is 16.8 Å². The summed E-state index contributed by atoms with van der Waals surface area (Å²) in [4.78, 5) is 13.8. The Kier molecular flexibility index (Phi) is 6.76. The van der Waals surface area contributed by atoms with E-state index in [0.717, 1.165) is 0 Å². The highest BCUT2D eigenvalue weighted by Gasteiger charge is 2.20. The third-order valence-corrected chi connectivity index (χ3v) is 5.58. The van der Waals surface area contributed by atoms with Gasteiger partial charge >= 0.3 is 0 Å². The smallest absolute Gasteiger partial charge is 0.280 e. The van der Waals surface area contributed by atoms with Gasteiger partial charge in [-0.1, -0.05) is 0 Å². The van der Waals surface area contributed by atoms with Crippen molar-refractivity contribution in [3.8, 4) is 0 Å². The quantitative estimate of drug-likeness (QED) is 0.417. The molecule has 0 saturated carbocycles. The second-order valence-electron chi connectivity index (χ2n) is 4.65. The van der Waals surface area contributed by atoms with Crippen LogP contribution < -0.4 is 9.62 Å². The topological polar surface area (TPSA) is 163 Å². The van der Waals surface area contributed by atoms with Crippen LogP contribution in [-0.4, -0.2) is 72.8 Å². The number of aryl methyl sites for hydroxylation is 2. The Hall–Kier alpha value is -1.41. The van der Waals surface area contributed by atoms with Crippen LogP contribution in [0, 0.1) is 13.8 Å². The number of aromatic nitrogens is 3. The van der Waals surface area contributed by atoms with E-state index in [2.05, 4.69) is 15.0 Å². The van der Waals surface area contributed by atoms with E-state index < -0.39 is 25.2 Å². The summed E-state index contributed by atoms with van der Waals surface area (Å²) in [5, 5.41) is 7.67. The van der Waals surface area contributed by atoms with Gasteiger partial charge < -0.3 is 10.0 Å². The van der Waals surface area contributed by atoms with Crippen molar-refractivity contribution in [2.75, 3.05) is 36.2 Å². The Morgan fingerprint density at radius 2 is 1.61 bits per heavy atom. The second kappa shape index (κ2) is 7.92. The number of anilines is 1. The molecule has 0 radical (unpaired) electrons. The molecule has 0 atom stereocenters. The third kappa shape index (κ3) is 7.60. The molecule has 1 heterocycles. The van der Waals surface area contributed by atoms with Crippen LogP contribution in [0.15, 0.2) is 0 Å². The summed E-state index contributed by atoms with van der Waals surface area (Å²) < 4.78 is 54.8. The maximum Gasteiger partial charge on any atom is 0.280 e. The normalized spacial score (nSPS) is 12.3. The number of rotatable bonds is 9. The summed E-state index contributed by atoms with van der Waals surface area (Å²) in [7, 11) is -8.82. The maximum absolute atomic E-state index is 11.5. The van der Waals surface area contributed by atoms with Crippen LogP contribution in [0.2, 0.25) is 0 Å². The first-order valence-electron chi connectivity index (χ1n) is 6.50. The molecule has 0 aliphatic rings. The molecule has 0 fully saturated rings. The van der Waals surface area contributed by atoms with E-state index in [1.54, 1.807) is 13.8 Å². The number of nitrogens with zero attached hydrogens (tertiary/aromatic N) is 4. The molecule has 0 amide bonds. The number of sulfonamides is 1. The summed E-state index contributed by atoms with van der Waals surface area (Å²) in [6.45, 7) is 3.23. The molecular weight excluding hydrogens is 350 g/mol. The minimum absolute atomic E-state index is 0.0914. The lowest BCUT2D eigenvalue weighted by atomic mass is 10.5. The van der Waals surface area contributed by atoms with Crippen molar-refractivity contribution in [2.45, 2.75) is 13.8 Å². The first kappa shape index (κ1) is 19.6. The van der Waals surface area contributed by atoms with Crippen molar-refractivity contribution in [3.63, 3.8) is 0 Å². The average Bonchev–Trinajstić information content (AvgIpc) is 2.33. The van der Waals surface area contributed by atoms with Gasteiger partial charge in [-0.15, -0.1) is 0 Å². The lowest BCUT2D eigenvalue weighted by molar-refractivity contribution is 0.301. The van der Waals surface area contributed by atoms with Gasteiger partial charge in [-0.2, -0.15) is 18.4 Å². The van der Waals surface area contributed by atoms with Gasteiger partial charge in [0.15, 0.2) is 5.08 Å². The van der Waals surface area contributed by atoms with Crippen molar-refractivity contribution >= 4 is 26.1 Å². The van der Waals surface area contributed by atoms with Crippen LogP contribution in [0.1, 0.15) is 11.6 Å². The molecule has 11 nitrogen and oxygen atoms in total. The maximum atomic E-state index is 11.5. The Labute approximate surface area is 134 Å².